The van der Waals surface area contributed by atoms with Crippen LogP contribution in [0.4, 0.5) is 10.1 Å². The fraction of sp³-hybridized carbons (Fsp3) is 0.192. The number of anilines is 1. The molecule has 168 valence electrons. The van der Waals surface area contributed by atoms with Gasteiger partial charge >= 0.3 is 0 Å². The van der Waals surface area contributed by atoms with Gasteiger partial charge in [-0.05, 0) is 60.9 Å². The number of carbonyl (C=O) groups excluding carboxylic acids is 2. The summed E-state index contributed by atoms with van der Waals surface area (Å²) in [6.07, 6.45) is 4.13. The van der Waals surface area contributed by atoms with Gasteiger partial charge in [0.15, 0.2) is 0 Å². The molecule has 2 aromatic carbocycles. The van der Waals surface area contributed by atoms with Gasteiger partial charge in [-0.25, -0.2) is 9.29 Å². The molecule has 2 heterocycles. The van der Waals surface area contributed by atoms with Crippen LogP contribution in [0, 0.1) is 5.82 Å². The Labute approximate surface area is 191 Å². The van der Waals surface area contributed by atoms with Crippen LogP contribution >= 0.6 is 0 Å². The maximum Gasteiger partial charge on any atom is 0.282 e. The maximum absolute atomic E-state index is 13.7. The first-order chi connectivity index (χ1) is 16.0. The van der Waals surface area contributed by atoms with Crippen LogP contribution in [-0.2, 0) is 16.0 Å². The smallest absolute Gasteiger partial charge is 0.282 e. The number of hydrogen-bond acceptors (Lipinski definition) is 5. The molecular formula is C26H24FN3O3. The number of benzene rings is 2. The van der Waals surface area contributed by atoms with E-state index in [1.54, 1.807) is 36.7 Å². The zero-order valence-electron chi connectivity index (χ0n) is 18.5. The largest absolute Gasteiger partial charge is 0.497 e. The molecule has 0 saturated carbocycles. The lowest BCUT2D eigenvalue weighted by Gasteiger charge is -2.25. The van der Waals surface area contributed by atoms with Crippen molar-refractivity contribution in [2.24, 2.45) is 0 Å². The molecule has 0 N–H and O–H groups in total. The van der Waals surface area contributed by atoms with E-state index < -0.39 is 17.6 Å². The molecule has 1 aliphatic heterocycles. The molecule has 0 spiro atoms. The molecule has 0 aliphatic carbocycles. The molecule has 6 nitrogen and oxygen atoms in total. The SMILES string of the molecule is CCN(CCc1ccncc1)C1=C(c2ccc(F)cc2)C(=O)N(c2cccc(OC)c2)C1=O. The quantitative estimate of drug-likeness (QED) is 0.489. The van der Waals surface area contributed by atoms with E-state index in [0.29, 0.717) is 42.2 Å². The summed E-state index contributed by atoms with van der Waals surface area (Å²) in [7, 11) is 1.53. The first kappa shape index (κ1) is 22.2. The van der Waals surface area contributed by atoms with Crippen LogP contribution in [0.5, 0.6) is 5.75 Å². The van der Waals surface area contributed by atoms with E-state index in [0.717, 1.165) is 10.5 Å². The highest BCUT2D eigenvalue weighted by molar-refractivity contribution is 6.45. The number of pyridine rings is 1. The van der Waals surface area contributed by atoms with Gasteiger partial charge in [0, 0.05) is 31.5 Å². The third-order valence-corrected chi connectivity index (χ3v) is 5.62. The normalized spacial score (nSPS) is 13.6. The molecule has 3 aromatic rings. The van der Waals surface area contributed by atoms with Gasteiger partial charge in [-0.2, -0.15) is 0 Å². The second kappa shape index (κ2) is 9.65. The van der Waals surface area contributed by atoms with Gasteiger partial charge in [0.05, 0.1) is 18.4 Å². The Kier molecular flexibility index (Phi) is 6.49. The molecule has 4 rings (SSSR count). The van der Waals surface area contributed by atoms with Crippen LogP contribution in [0.3, 0.4) is 0 Å². The average Bonchev–Trinajstić information content (AvgIpc) is 3.10. The Morgan fingerprint density at radius 2 is 1.73 bits per heavy atom. The van der Waals surface area contributed by atoms with E-state index in [-0.39, 0.29) is 5.57 Å². The Morgan fingerprint density at radius 3 is 2.39 bits per heavy atom. The minimum absolute atomic E-state index is 0.263. The molecule has 33 heavy (non-hydrogen) atoms. The third kappa shape index (κ3) is 4.48. The summed E-state index contributed by atoms with van der Waals surface area (Å²) in [5.41, 5.74) is 2.57. The van der Waals surface area contributed by atoms with E-state index >= 15 is 0 Å². The van der Waals surface area contributed by atoms with Crippen molar-refractivity contribution in [3.63, 3.8) is 0 Å². The van der Waals surface area contributed by atoms with Crippen LogP contribution in [-0.4, -0.2) is 41.9 Å². The molecule has 0 bridgehead atoms. The van der Waals surface area contributed by atoms with Gasteiger partial charge in [0.2, 0.25) is 0 Å². The molecule has 0 saturated heterocycles. The fourth-order valence-corrected chi connectivity index (χ4v) is 3.91. The molecule has 0 fully saturated rings. The van der Waals surface area contributed by atoms with E-state index in [2.05, 4.69) is 4.98 Å². The molecule has 7 heteroatoms. The standard InChI is InChI=1S/C26H24FN3O3/c1-3-29(16-13-18-11-14-28-15-12-18)24-23(19-7-9-20(27)10-8-19)25(31)30(26(24)32)21-5-4-6-22(17-21)33-2/h4-12,14-15,17H,3,13,16H2,1-2H3. The van der Waals surface area contributed by atoms with Crippen molar-refractivity contribution in [3.05, 3.63) is 95.7 Å². The number of likely N-dealkylation sites (N-methyl/N-ethyl adjacent to an activating group) is 1. The molecule has 0 atom stereocenters. The lowest BCUT2D eigenvalue weighted by molar-refractivity contribution is -0.120. The van der Waals surface area contributed by atoms with Crippen molar-refractivity contribution >= 4 is 23.1 Å². The summed E-state index contributed by atoms with van der Waals surface area (Å²) in [4.78, 5) is 34.3. The van der Waals surface area contributed by atoms with E-state index in [9.17, 15) is 14.0 Å². The molecule has 1 aliphatic rings. The summed E-state index contributed by atoms with van der Waals surface area (Å²) in [6.45, 7) is 3.00. The topological polar surface area (TPSA) is 62.7 Å². The van der Waals surface area contributed by atoms with Gasteiger partial charge in [-0.3, -0.25) is 14.6 Å². The second-order valence-electron chi connectivity index (χ2n) is 7.56. The van der Waals surface area contributed by atoms with Crippen molar-refractivity contribution < 1.29 is 18.7 Å². The predicted molar refractivity (Wildman–Crippen MR) is 124 cm³/mol. The molecular weight excluding hydrogens is 421 g/mol. The number of aromatic nitrogens is 1. The summed E-state index contributed by atoms with van der Waals surface area (Å²) >= 11 is 0. The minimum Gasteiger partial charge on any atom is -0.497 e. The fourth-order valence-electron chi connectivity index (χ4n) is 3.91. The number of imide groups is 1. The van der Waals surface area contributed by atoms with Crippen molar-refractivity contribution in [3.8, 4) is 5.75 Å². The number of rotatable bonds is 8. The zero-order valence-corrected chi connectivity index (χ0v) is 18.5. The maximum atomic E-state index is 13.7. The highest BCUT2D eigenvalue weighted by Gasteiger charge is 2.42. The van der Waals surface area contributed by atoms with Crippen molar-refractivity contribution in [1.82, 2.24) is 9.88 Å². The van der Waals surface area contributed by atoms with Crippen LogP contribution in [0.15, 0.2) is 78.8 Å². The second-order valence-corrected chi connectivity index (χ2v) is 7.56. The van der Waals surface area contributed by atoms with Crippen molar-refractivity contribution in [1.29, 1.82) is 0 Å². The summed E-state index contributed by atoms with van der Waals surface area (Å²) in [5, 5.41) is 0. The Bertz CT molecular complexity index is 1190. The number of ether oxygens (including phenoxy) is 1. The van der Waals surface area contributed by atoms with Gasteiger partial charge < -0.3 is 9.64 Å². The van der Waals surface area contributed by atoms with Crippen molar-refractivity contribution in [2.45, 2.75) is 13.3 Å². The van der Waals surface area contributed by atoms with E-state index in [1.807, 2.05) is 24.0 Å². The number of carbonyl (C=O) groups is 2. The van der Waals surface area contributed by atoms with E-state index in [4.69, 9.17) is 4.74 Å². The van der Waals surface area contributed by atoms with Crippen molar-refractivity contribution in [2.75, 3.05) is 25.1 Å². The predicted octanol–water partition coefficient (Wildman–Crippen LogP) is 4.08. The third-order valence-electron chi connectivity index (χ3n) is 5.62. The van der Waals surface area contributed by atoms with Crippen LogP contribution in [0.2, 0.25) is 0 Å². The first-order valence-corrected chi connectivity index (χ1v) is 10.7. The van der Waals surface area contributed by atoms with E-state index in [1.165, 1.54) is 31.4 Å². The summed E-state index contributed by atoms with van der Waals surface area (Å²) in [6, 6.07) is 16.3. The first-order valence-electron chi connectivity index (χ1n) is 10.7. The monoisotopic (exact) mass is 445 g/mol. The molecule has 2 amide bonds. The van der Waals surface area contributed by atoms with Crippen LogP contribution < -0.4 is 9.64 Å². The average molecular weight is 445 g/mol. The van der Waals surface area contributed by atoms with Gasteiger partial charge in [0.1, 0.15) is 17.3 Å². The highest BCUT2D eigenvalue weighted by atomic mass is 19.1. The number of amides is 2. The molecule has 1 aromatic heterocycles. The van der Waals surface area contributed by atoms with Crippen LogP contribution in [0.25, 0.3) is 5.57 Å². The summed E-state index contributed by atoms with van der Waals surface area (Å²) in [5.74, 6) is -0.733. The lowest BCUT2D eigenvalue weighted by Crippen LogP contribution is -2.36. The lowest BCUT2D eigenvalue weighted by atomic mass is 10.0. The van der Waals surface area contributed by atoms with Gasteiger partial charge in [-0.1, -0.05) is 18.2 Å². The van der Waals surface area contributed by atoms with Gasteiger partial charge in [-0.15, -0.1) is 0 Å². The Hall–Kier alpha value is -4.00. The summed E-state index contributed by atoms with van der Waals surface area (Å²) < 4.78 is 18.9. The minimum atomic E-state index is -0.447. The number of hydrogen-bond donors (Lipinski definition) is 0. The molecule has 0 unspecified atom stereocenters. The Balaban J connectivity index is 1.76. The van der Waals surface area contributed by atoms with Gasteiger partial charge in [0.25, 0.3) is 11.8 Å². The zero-order chi connectivity index (χ0) is 23.4. The molecule has 0 radical (unpaired) electrons. The Morgan fingerprint density at radius 1 is 1.00 bits per heavy atom. The highest BCUT2D eigenvalue weighted by Crippen LogP contribution is 2.36. The number of nitrogens with zero attached hydrogens (tertiary/aromatic N) is 3. The number of methoxy groups -OCH3 is 1. The number of halogens is 1. The van der Waals surface area contributed by atoms with Crippen LogP contribution in [0.1, 0.15) is 18.1 Å².